The Morgan fingerprint density at radius 2 is 2.25 bits per heavy atom. The van der Waals surface area contributed by atoms with Crippen molar-refractivity contribution < 1.29 is 5.11 Å². The summed E-state index contributed by atoms with van der Waals surface area (Å²) in [5, 5.41) is 13.5. The molecule has 0 aromatic heterocycles. The lowest BCUT2D eigenvalue weighted by atomic mass is 10.1. The monoisotopic (exact) mass is 239 g/mol. The Morgan fingerprint density at radius 1 is 1.50 bits per heavy atom. The minimum absolute atomic E-state index is 0.160. The zero-order valence-electron chi connectivity index (χ0n) is 9.54. The van der Waals surface area contributed by atoms with Crippen LogP contribution in [0.25, 0.3) is 0 Å². The van der Waals surface area contributed by atoms with Crippen LogP contribution in [0.5, 0.6) is 0 Å². The highest BCUT2D eigenvalue weighted by molar-refractivity contribution is 6.30. The molecular weight excluding hydrogens is 222 g/mol. The van der Waals surface area contributed by atoms with Gasteiger partial charge in [0.25, 0.3) is 0 Å². The molecule has 0 radical (unpaired) electrons. The van der Waals surface area contributed by atoms with Crippen LogP contribution in [-0.4, -0.2) is 18.3 Å². The molecule has 1 aliphatic rings. The average Bonchev–Trinajstić information content (AvgIpc) is 3.07. The van der Waals surface area contributed by atoms with Gasteiger partial charge in [-0.05, 0) is 37.5 Å². The van der Waals surface area contributed by atoms with Crippen LogP contribution in [-0.2, 0) is 0 Å². The quantitative estimate of drug-likeness (QED) is 0.828. The van der Waals surface area contributed by atoms with Gasteiger partial charge in [0, 0.05) is 29.6 Å². The summed E-state index contributed by atoms with van der Waals surface area (Å²) in [7, 11) is 0. The first kappa shape index (κ1) is 11.9. The molecule has 0 heterocycles. The third-order valence-electron chi connectivity index (χ3n) is 3.42. The molecule has 1 fully saturated rings. The van der Waals surface area contributed by atoms with Gasteiger partial charge in [-0.15, -0.1) is 0 Å². The van der Waals surface area contributed by atoms with Gasteiger partial charge >= 0.3 is 0 Å². The first-order chi connectivity index (χ1) is 7.65. The summed E-state index contributed by atoms with van der Waals surface area (Å²) in [6, 6.07) is 8.19. The molecule has 1 aliphatic carbocycles. The van der Waals surface area contributed by atoms with Crippen molar-refractivity contribution in [3.63, 3.8) is 0 Å². The summed E-state index contributed by atoms with van der Waals surface area (Å²) in [6.07, 6.45) is 2.28. The average molecular weight is 240 g/mol. The summed E-state index contributed by atoms with van der Waals surface area (Å²) in [4.78, 5) is 0. The second kappa shape index (κ2) is 4.74. The third-order valence-corrected chi connectivity index (χ3v) is 3.66. The van der Waals surface area contributed by atoms with Crippen LogP contribution in [0.15, 0.2) is 24.3 Å². The van der Waals surface area contributed by atoms with E-state index in [1.165, 1.54) is 5.56 Å². The van der Waals surface area contributed by atoms with Crippen molar-refractivity contribution in [2.75, 3.05) is 13.2 Å². The van der Waals surface area contributed by atoms with Gasteiger partial charge < -0.3 is 10.4 Å². The smallest absolute Gasteiger partial charge is 0.0499 e. The number of nitrogens with one attached hydrogen (secondary N) is 1. The highest BCUT2D eigenvalue weighted by Gasteiger charge is 2.41. The van der Waals surface area contributed by atoms with Crippen molar-refractivity contribution >= 4 is 11.6 Å². The van der Waals surface area contributed by atoms with Gasteiger partial charge in [0.05, 0.1) is 0 Å². The van der Waals surface area contributed by atoms with Gasteiger partial charge in [0.2, 0.25) is 0 Å². The van der Waals surface area contributed by atoms with E-state index < -0.39 is 0 Å². The van der Waals surface area contributed by atoms with Crippen LogP contribution in [0.3, 0.4) is 0 Å². The molecule has 1 unspecified atom stereocenters. The standard InChI is InChI=1S/C13H18ClNO/c1-10(11-3-2-4-12(14)7-11)15-8-13(9-16)5-6-13/h2-4,7,10,15-16H,5-6,8-9H2,1H3. The number of benzene rings is 1. The van der Waals surface area contributed by atoms with E-state index in [9.17, 15) is 5.11 Å². The Hall–Kier alpha value is -0.570. The Kier molecular flexibility index (Phi) is 3.53. The van der Waals surface area contributed by atoms with Gasteiger partial charge in [-0.3, -0.25) is 0 Å². The maximum Gasteiger partial charge on any atom is 0.0499 e. The van der Waals surface area contributed by atoms with E-state index in [1.54, 1.807) is 0 Å². The lowest BCUT2D eigenvalue weighted by Crippen LogP contribution is -2.28. The molecule has 0 aliphatic heterocycles. The Bertz CT molecular complexity index is 363. The van der Waals surface area contributed by atoms with Crippen LogP contribution in [0.1, 0.15) is 31.4 Å². The van der Waals surface area contributed by atoms with Gasteiger partial charge in [0.15, 0.2) is 0 Å². The van der Waals surface area contributed by atoms with E-state index in [1.807, 2.05) is 18.2 Å². The third kappa shape index (κ3) is 2.76. The van der Waals surface area contributed by atoms with Crippen LogP contribution < -0.4 is 5.32 Å². The Balaban J connectivity index is 1.90. The molecule has 1 aromatic carbocycles. The lowest BCUT2D eigenvalue weighted by Gasteiger charge is -2.18. The fourth-order valence-corrected chi connectivity index (χ4v) is 2.03. The molecule has 2 N–H and O–H groups in total. The van der Waals surface area contributed by atoms with Gasteiger partial charge in [-0.1, -0.05) is 23.7 Å². The van der Waals surface area contributed by atoms with Crippen molar-refractivity contribution in [1.82, 2.24) is 5.32 Å². The van der Waals surface area contributed by atoms with E-state index in [0.29, 0.717) is 6.61 Å². The Morgan fingerprint density at radius 3 is 2.81 bits per heavy atom. The SMILES string of the molecule is CC(NCC1(CO)CC1)c1cccc(Cl)c1. The number of aliphatic hydroxyl groups excluding tert-OH is 1. The maximum absolute atomic E-state index is 9.22. The highest BCUT2D eigenvalue weighted by Crippen LogP contribution is 2.44. The van der Waals surface area contributed by atoms with Crippen molar-refractivity contribution in [3.8, 4) is 0 Å². The number of aliphatic hydroxyl groups is 1. The predicted molar refractivity (Wildman–Crippen MR) is 66.6 cm³/mol. The number of hydrogen-bond donors (Lipinski definition) is 2. The van der Waals surface area contributed by atoms with Gasteiger partial charge in [-0.2, -0.15) is 0 Å². The fraction of sp³-hybridized carbons (Fsp3) is 0.538. The number of hydrogen-bond acceptors (Lipinski definition) is 2. The first-order valence-corrected chi connectivity index (χ1v) is 6.13. The summed E-state index contributed by atoms with van der Waals surface area (Å²) < 4.78 is 0. The summed E-state index contributed by atoms with van der Waals surface area (Å²) >= 11 is 5.95. The second-order valence-electron chi connectivity index (χ2n) is 4.82. The van der Waals surface area contributed by atoms with Crippen LogP contribution in [0.2, 0.25) is 5.02 Å². The highest BCUT2D eigenvalue weighted by atomic mass is 35.5. The number of rotatable bonds is 5. The van der Waals surface area contributed by atoms with E-state index in [2.05, 4.69) is 18.3 Å². The number of halogens is 1. The molecule has 1 aromatic rings. The van der Waals surface area contributed by atoms with Crippen molar-refractivity contribution in [2.45, 2.75) is 25.8 Å². The van der Waals surface area contributed by atoms with Gasteiger partial charge in [-0.25, -0.2) is 0 Å². The molecule has 16 heavy (non-hydrogen) atoms. The molecule has 1 atom stereocenters. The zero-order chi connectivity index (χ0) is 11.6. The molecular formula is C13H18ClNO. The normalized spacial score (nSPS) is 19.4. The molecule has 0 bridgehead atoms. The summed E-state index contributed by atoms with van der Waals surface area (Å²) in [6.45, 7) is 3.30. The Labute approximate surface area is 102 Å². The largest absolute Gasteiger partial charge is 0.396 e. The zero-order valence-corrected chi connectivity index (χ0v) is 10.3. The maximum atomic E-state index is 9.22. The van der Waals surface area contributed by atoms with Crippen molar-refractivity contribution in [1.29, 1.82) is 0 Å². The lowest BCUT2D eigenvalue weighted by molar-refractivity contribution is 0.204. The predicted octanol–water partition coefficient (Wildman–Crippen LogP) is 2.76. The molecule has 0 amide bonds. The molecule has 1 saturated carbocycles. The van der Waals surface area contributed by atoms with E-state index in [4.69, 9.17) is 11.6 Å². The van der Waals surface area contributed by atoms with Crippen LogP contribution in [0, 0.1) is 5.41 Å². The van der Waals surface area contributed by atoms with Gasteiger partial charge in [0.1, 0.15) is 0 Å². The molecule has 2 nitrogen and oxygen atoms in total. The van der Waals surface area contributed by atoms with Crippen molar-refractivity contribution in [3.05, 3.63) is 34.9 Å². The minimum atomic E-state index is 0.160. The molecule has 3 heteroatoms. The van der Waals surface area contributed by atoms with Crippen LogP contribution >= 0.6 is 11.6 Å². The van der Waals surface area contributed by atoms with E-state index in [0.717, 1.165) is 24.4 Å². The van der Waals surface area contributed by atoms with E-state index >= 15 is 0 Å². The molecule has 0 saturated heterocycles. The topological polar surface area (TPSA) is 32.3 Å². The molecule has 88 valence electrons. The van der Waals surface area contributed by atoms with Crippen LogP contribution in [0.4, 0.5) is 0 Å². The summed E-state index contributed by atoms with van der Waals surface area (Å²) in [5.74, 6) is 0. The molecule has 0 spiro atoms. The molecule has 2 rings (SSSR count). The van der Waals surface area contributed by atoms with E-state index in [-0.39, 0.29) is 11.5 Å². The fourth-order valence-electron chi connectivity index (χ4n) is 1.83. The minimum Gasteiger partial charge on any atom is -0.396 e. The first-order valence-electron chi connectivity index (χ1n) is 5.75. The van der Waals surface area contributed by atoms with Crippen molar-refractivity contribution in [2.24, 2.45) is 5.41 Å². The second-order valence-corrected chi connectivity index (χ2v) is 5.25. The summed E-state index contributed by atoms with van der Waals surface area (Å²) in [5.41, 5.74) is 1.36.